The largest absolute Gasteiger partial charge is 0.376 e. The first-order valence-electron chi connectivity index (χ1n) is 6.95. The molecule has 1 fully saturated rings. The molecule has 0 aliphatic heterocycles. The van der Waals surface area contributed by atoms with Crippen LogP contribution in [0.1, 0.15) is 60.8 Å². The standard InChI is InChI=1S/C15H30O2/c1-14(2,3)16-10-12-8-7-9-13(12)11-17-15(4,5)6/h12-13H,7-11H2,1-6H3/t12-,13-/m0/s1. The summed E-state index contributed by atoms with van der Waals surface area (Å²) in [6.07, 6.45) is 3.93. The lowest BCUT2D eigenvalue weighted by atomic mass is 9.97. The fourth-order valence-electron chi connectivity index (χ4n) is 2.27. The molecule has 0 saturated heterocycles. The molecule has 1 saturated carbocycles. The van der Waals surface area contributed by atoms with Gasteiger partial charge in [0.05, 0.1) is 24.4 Å². The number of rotatable bonds is 4. The van der Waals surface area contributed by atoms with E-state index in [4.69, 9.17) is 9.47 Å². The molecule has 0 aromatic rings. The van der Waals surface area contributed by atoms with Crippen LogP contribution in [0.4, 0.5) is 0 Å². The van der Waals surface area contributed by atoms with Gasteiger partial charge in [0.15, 0.2) is 0 Å². The van der Waals surface area contributed by atoms with Crippen LogP contribution in [-0.4, -0.2) is 24.4 Å². The Balaban J connectivity index is 2.34. The summed E-state index contributed by atoms with van der Waals surface area (Å²) in [6, 6.07) is 0. The molecular weight excluding hydrogens is 212 g/mol. The SMILES string of the molecule is CC(C)(C)OC[C@@H]1CCC[C@H]1COC(C)(C)C. The number of ether oxygens (including phenoxy) is 2. The van der Waals surface area contributed by atoms with E-state index in [-0.39, 0.29) is 11.2 Å². The van der Waals surface area contributed by atoms with Gasteiger partial charge in [-0.05, 0) is 66.2 Å². The molecule has 1 rings (SSSR count). The molecule has 0 aromatic heterocycles. The first-order valence-corrected chi connectivity index (χ1v) is 6.95. The lowest BCUT2D eigenvalue weighted by Crippen LogP contribution is -2.29. The van der Waals surface area contributed by atoms with Crippen molar-refractivity contribution in [2.45, 2.75) is 72.0 Å². The van der Waals surface area contributed by atoms with Crippen molar-refractivity contribution in [2.75, 3.05) is 13.2 Å². The smallest absolute Gasteiger partial charge is 0.0598 e. The zero-order valence-electron chi connectivity index (χ0n) is 12.5. The molecule has 2 nitrogen and oxygen atoms in total. The van der Waals surface area contributed by atoms with Crippen LogP contribution in [-0.2, 0) is 9.47 Å². The van der Waals surface area contributed by atoms with Gasteiger partial charge in [0.1, 0.15) is 0 Å². The summed E-state index contributed by atoms with van der Waals surface area (Å²) < 4.78 is 11.8. The van der Waals surface area contributed by atoms with Crippen molar-refractivity contribution in [3.8, 4) is 0 Å². The minimum absolute atomic E-state index is 0.0158. The lowest BCUT2D eigenvalue weighted by Gasteiger charge is -2.28. The Morgan fingerprint density at radius 3 is 1.41 bits per heavy atom. The molecule has 2 heteroatoms. The third-order valence-electron chi connectivity index (χ3n) is 3.28. The zero-order chi connectivity index (χ0) is 13.1. The molecule has 17 heavy (non-hydrogen) atoms. The second kappa shape index (κ2) is 5.71. The minimum Gasteiger partial charge on any atom is -0.376 e. The van der Waals surface area contributed by atoms with E-state index in [2.05, 4.69) is 41.5 Å². The minimum atomic E-state index is -0.0158. The predicted octanol–water partition coefficient (Wildman–Crippen LogP) is 4.03. The Labute approximate surface area is 107 Å². The predicted molar refractivity (Wildman–Crippen MR) is 72.2 cm³/mol. The molecular formula is C15H30O2. The van der Waals surface area contributed by atoms with Crippen LogP contribution < -0.4 is 0 Å². The summed E-state index contributed by atoms with van der Waals surface area (Å²) in [5.74, 6) is 1.38. The van der Waals surface area contributed by atoms with Crippen LogP contribution in [0.25, 0.3) is 0 Å². The van der Waals surface area contributed by atoms with Gasteiger partial charge in [-0.2, -0.15) is 0 Å². The maximum Gasteiger partial charge on any atom is 0.0598 e. The van der Waals surface area contributed by atoms with E-state index >= 15 is 0 Å². The third kappa shape index (κ3) is 6.42. The fourth-order valence-corrected chi connectivity index (χ4v) is 2.27. The molecule has 0 unspecified atom stereocenters. The molecule has 0 heterocycles. The van der Waals surface area contributed by atoms with Crippen molar-refractivity contribution < 1.29 is 9.47 Å². The zero-order valence-corrected chi connectivity index (χ0v) is 12.5. The van der Waals surface area contributed by atoms with Crippen molar-refractivity contribution >= 4 is 0 Å². The van der Waals surface area contributed by atoms with Gasteiger partial charge in [-0.3, -0.25) is 0 Å². The molecule has 1 aliphatic carbocycles. The van der Waals surface area contributed by atoms with Crippen molar-refractivity contribution in [2.24, 2.45) is 11.8 Å². The Bertz CT molecular complexity index is 198. The van der Waals surface area contributed by atoms with E-state index in [0.29, 0.717) is 11.8 Å². The Kier molecular flexibility index (Phi) is 5.03. The van der Waals surface area contributed by atoms with Crippen LogP contribution in [0.15, 0.2) is 0 Å². The van der Waals surface area contributed by atoms with Gasteiger partial charge in [-0.25, -0.2) is 0 Å². The molecule has 2 atom stereocenters. The van der Waals surface area contributed by atoms with Crippen LogP contribution >= 0.6 is 0 Å². The normalized spacial score (nSPS) is 26.5. The van der Waals surface area contributed by atoms with Crippen molar-refractivity contribution in [1.82, 2.24) is 0 Å². The third-order valence-corrected chi connectivity index (χ3v) is 3.28. The number of hydrogen-bond donors (Lipinski definition) is 0. The first kappa shape index (κ1) is 15.0. The van der Waals surface area contributed by atoms with Gasteiger partial charge in [-0.1, -0.05) is 6.42 Å². The second-order valence-electron chi connectivity index (χ2n) is 7.30. The van der Waals surface area contributed by atoms with Crippen LogP contribution in [0.5, 0.6) is 0 Å². The number of hydrogen-bond acceptors (Lipinski definition) is 2. The molecule has 0 bridgehead atoms. The molecule has 1 aliphatic rings. The van der Waals surface area contributed by atoms with Gasteiger partial charge in [0.25, 0.3) is 0 Å². The summed E-state index contributed by atoms with van der Waals surface area (Å²) in [5.41, 5.74) is -0.0317. The molecule has 0 aromatic carbocycles. The highest BCUT2D eigenvalue weighted by Crippen LogP contribution is 2.33. The van der Waals surface area contributed by atoms with Crippen molar-refractivity contribution in [3.63, 3.8) is 0 Å². The average Bonchev–Trinajstić information content (AvgIpc) is 2.56. The second-order valence-corrected chi connectivity index (χ2v) is 7.30. The Hall–Kier alpha value is -0.0800. The van der Waals surface area contributed by atoms with Crippen molar-refractivity contribution in [1.29, 1.82) is 0 Å². The molecule has 102 valence electrons. The lowest BCUT2D eigenvalue weighted by molar-refractivity contribution is -0.0575. The topological polar surface area (TPSA) is 18.5 Å². The van der Waals surface area contributed by atoms with E-state index in [1.54, 1.807) is 0 Å². The highest BCUT2D eigenvalue weighted by molar-refractivity contribution is 4.79. The molecule has 0 spiro atoms. The monoisotopic (exact) mass is 242 g/mol. The summed E-state index contributed by atoms with van der Waals surface area (Å²) in [5, 5.41) is 0. The molecule has 0 radical (unpaired) electrons. The highest BCUT2D eigenvalue weighted by Gasteiger charge is 2.30. The van der Waals surface area contributed by atoms with E-state index in [1.165, 1.54) is 19.3 Å². The molecule has 0 N–H and O–H groups in total. The quantitative estimate of drug-likeness (QED) is 0.741. The van der Waals surface area contributed by atoms with Crippen molar-refractivity contribution in [3.05, 3.63) is 0 Å². The Morgan fingerprint density at radius 1 is 0.765 bits per heavy atom. The molecule has 0 amide bonds. The van der Waals surface area contributed by atoms with E-state index < -0.39 is 0 Å². The maximum absolute atomic E-state index is 5.92. The van der Waals surface area contributed by atoms with E-state index in [1.807, 2.05) is 0 Å². The average molecular weight is 242 g/mol. The maximum atomic E-state index is 5.92. The van der Waals surface area contributed by atoms with Gasteiger partial charge in [-0.15, -0.1) is 0 Å². The van der Waals surface area contributed by atoms with Gasteiger partial charge < -0.3 is 9.47 Å². The fraction of sp³-hybridized carbons (Fsp3) is 1.00. The first-order chi connectivity index (χ1) is 7.67. The van der Waals surface area contributed by atoms with Gasteiger partial charge in [0.2, 0.25) is 0 Å². The summed E-state index contributed by atoms with van der Waals surface area (Å²) in [4.78, 5) is 0. The Morgan fingerprint density at radius 2 is 1.12 bits per heavy atom. The van der Waals surface area contributed by atoms with Crippen LogP contribution in [0.3, 0.4) is 0 Å². The summed E-state index contributed by atoms with van der Waals surface area (Å²) >= 11 is 0. The van der Waals surface area contributed by atoms with Gasteiger partial charge in [0, 0.05) is 0 Å². The van der Waals surface area contributed by atoms with E-state index in [9.17, 15) is 0 Å². The van der Waals surface area contributed by atoms with Gasteiger partial charge >= 0.3 is 0 Å². The highest BCUT2D eigenvalue weighted by atomic mass is 16.5. The van der Waals surface area contributed by atoms with E-state index in [0.717, 1.165) is 13.2 Å². The summed E-state index contributed by atoms with van der Waals surface area (Å²) in [6.45, 7) is 14.5. The van der Waals surface area contributed by atoms with Crippen LogP contribution in [0.2, 0.25) is 0 Å². The van der Waals surface area contributed by atoms with Crippen LogP contribution in [0, 0.1) is 11.8 Å². The summed E-state index contributed by atoms with van der Waals surface area (Å²) in [7, 11) is 0.